The van der Waals surface area contributed by atoms with Gasteiger partial charge in [0.25, 0.3) is 0 Å². The molecule has 0 spiro atoms. The van der Waals surface area contributed by atoms with E-state index in [1.807, 2.05) is 0 Å². The molecule has 11 nitrogen and oxygen atoms in total. The number of carbonyl (C=O) groups excluding carboxylic acids is 4. The monoisotopic (exact) mass is 595 g/mol. The number of carbonyl (C=O) groups is 4. The Morgan fingerprint density at radius 1 is 0.786 bits per heavy atom. The summed E-state index contributed by atoms with van der Waals surface area (Å²) in [5.41, 5.74) is 11.9. The fourth-order valence-electron chi connectivity index (χ4n) is 5.82. The number of hydrogen-bond donors (Lipinski definition) is 3. The SMILES string of the molecule is CCCCCCCO[C@@H](C)[C@@H](NC(=O)[C@@H]1CCCN1C(=O)[C@@H]1CCCN1C(=O)[C@@H](N)[C@@H](C)OCCCCCC)C(N)=O. The molecular weight excluding hydrogens is 538 g/mol. The number of nitrogens with two attached hydrogens (primary N) is 2. The lowest BCUT2D eigenvalue weighted by atomic mass is 10.1. The van der Waals surface area contributed by atoms with Gasteiger partial charge in [0.2, 0.25) is 23.6 Å². The lowest BCUT2D eigenvalue weighted by molar-refractivity contribution is -0.148. The topological polar surface area (TPSA) is 157 Å². The van der Waals surface area contributed by atoms with E-state index in [1.165, 1.54) is 6.42 Å². The van der Waals surface area contributed by atoms with Crippen LogP contribution < -0.4 is 16.8 Å². The van der Waals surface area contributed by atoms with Gasteiger partial charge in [0.15, 0.2) is 0 Å². The highest BCUT2D eigenvalue weighted by molar-refractivity contribution is 5.95. The Labute approximate surface area is 252 Å². The quantitative estimate of drug-likeness (QED) is 0.183. The second-order valence-electron chi connectivity index (χ2n) is 11.9. The molecule has 2 aliphatic rings. The Balaban J connectivity index is 1.95. The van der Waals surface area contributed by atoms with Gasteiger partial charge in [-0.2, -0.15) is 0 Å². The number of primary amides is 1. The van der Waals surface area contributed by atoms with Crippen molar-refractivity contribution in [1.82, 2.24) is 15.1 Å². The first kappa shape index (κ1) is 36.0. The highest BCUT2D eigenvalue weighted by atomic mass is 16.5. The first-order valence-corrected chi connectivity index (χ1v) is 16.3. The van der Waals surface area contributed by atoms with Gasteiger partial charge in [0.05, 0.1) is 12.2 Å². The van der Waals surface area contributed by atoms with E-state index in [0.29, 0.717) is 52.0 Å². The van der Waals surface area contributed by atoms with Crippen LogP contribution in [0.2, 0.25) is 0 Å². The summed E-state index contributed by atoms with van der Waals surface area (Å²) in [4.78, 5) is 55.7. The number of nitrogens with one attached hydrogen (secondary N) is 1. The molecule has 0 aromatic heterocycles. The maximum Gasteiger partial charge on any atom is 0.246 e. The van der Waals surface area contributed by atoms with Gasteiger partial charge >= 0.3 is 0 Å². The maximum absolute atomic E-state index is 13.7. The van der Waals surface area contributed by atoms with Crippen LogP contribution in [0.25, 0.3) is 0 Å². The number of likely N-dealkylation sites (tertiary alicyclic amines) is 2. The van der Waals surface area contributed by atoms with Gasteiger partial charge in [0.1, 0.15) is 24.2 Å². The van der Waals surface area contributed by atoms with Gasteiger partial charge in [-0.1, -0.05) is 58.8 Å². The highest BCUT2D eigenvalue weighted by Gasteiger charge is 2.44. The first-order chi connectivity index (χ1) is 20.1. The fourth-order valence-corrected chi connectivity index (χ4v) is 5.82. The lowest BCUT2D eigenvalue weighted by Gasteiger charge is -2.33. The van der Waals surface area contributed by atoms with Crippen LogP contribution in [0, 0.1) is 0 Å². The van der Waals surface area contributed by atoms with Gasteiger partial charge in [0, 0.05) is 26.3 Å². The van der Waals surface area contributed by atoms with Crippen LogP contribution in [0.3, 0.4) is 0 Å². The smallest absolute Gasteiger partial charge is 0.246 e. The summed E-state index contributed by atoms with van der Waals surface area (Å²) in [5.74, 6) is -1.67. The van der Waals surface area contributed by atoms with Crippen molar-refractivity contribution < 1.29 is 28.7 Å². The van der Waals surface area contributed by atoms with E-state index in [9.17, 15) is 19.2 Å². The number of nitrogens with zero attached hydrogens (tertiary/aromatic N) is 2. The summed E-state index contributed by atoms with van der Waals surface area (Å²) in [6.07, 6.45) is 10.9. The number of amides is 4. The van der Waals surface area contributed by atoms with Gasteiger partial charge in [-0.15, -0.1) is 0 Å². The van der Waals surface area contributed by atoms with Crippen LogP contribution in [0.1, 0.15) is 111 Å². The minimum atomic E-state index is -1.00. The number of ether oxygens (including phenoxy) is 2. The molecule has 4 amide bonds. The Kier molecular flexibility index (Phi) is 16.4. The first-order valence-electron chi connectivity index (χ1n) is 16.3. The van der Waals surface area contributed by atoms with Crippen LogP contribution in [-0.2, 0) is 28.7 Å². The zero-order valence-corrected chi connectivity index (χ0v) is 26.5. The summed E-state index contributed by atoms with van der Waals surface area (Å²) >= 11 is 0. The molecule has 242 valence electrons. The van der Waals surface area contributed by atoms with E-state index in [0.717, 1.165) is 51.4 Å². The van der Waals surface area contributed by atoms with E-state index >= 15 is 0 Å². The van der Waals surface area contributed by atoms with E-state index in [4.69, 9.17) is 20.9 Å². The van der Waals surface area contributed by atoms with Gasteiger partial charge in [-0.05, 0) is 52.4 Å². The van der Waals surface area contributed by atoms with Crippen molar-refractivity contribution in [3.63, 3.8) is 0 Å². The number of unbranched alkanes of at least 4 members (excludes halogenated alkanes) is 7. The molecule has 0 aromatic rings. The molecule has 5 N–H and O–H groups in total. The van der Waals surface area contributed by atoms with Crippen molar-refractivity contribution in [1.29, 1.82) is 0 Å². The predicted octanol–water partition coefficient (Wildman–Crippen LogP) is 2.63. The van der Waals surface area contributed by atoms with Crippen molar-refractivity contribution in [2.45, 2.75) is 148 Å². The molecule has 0 bridgehead atoms. The van der Waals surface area contributed by atoms with Crippen LogP contribution in [0.5, 0.6) is 0 Å². The zero-order chi connectivity index (χ0) is 31.1. The van der Waals surface area contributed by atoms with Gasteiger partial charge in [-0.25, -0.2) is 0 Å². The Morgan fingerprint density at radius 2 is 1.31 bits per heavy atom. The molecule has 2 saturated heterocycles. The lowest BCUT2D eigenvalue weighted by Crippen LogP contribution is -2.59. The maximum atomic E-state index is 13.7. The molecule has 6 atom stereocenters. The molecule has 0 aliphatic carbocycles. The summed E-state index contributed by atoms with van der Waals surface area (Å²) in [6, 6.07) is -3.28. The van der Waals surface area contributed by atoms with Crippen LogP contribution in [0.4, 0.5) is 0 Å². The summed E-state index contributed by atoms with van der Waals surface area (Å²) < 4.78 is 11.7. The highest BCUT2D eigenvalue weighted by Crippen LogP contribution is 2.26. The molecule has 0 unspecified atom stereocenters. The Hall–Kier alpha value is -2.24. The second-order valence-corrected chi connectivity index (χ2v) is 11.9. The van der Waals surface area contributed by atoms with Crippen molar-refractivity contribution in [3.05, 3.63) is 0 Å². The summed E-state index contributed by atoms with van der Waals surface area (Å²) in [6.45, 7) is 9.69. The third-order valence-corrected chi connectivity index (χ3v) is 8.53. The fraction of sp³-hybridized carbons (Fsp3) is 0.871. The van der Waals surface area contributed by atoms with Crippen LogP contribution in [0.15, 0.2) is 0 Å². The largest absolute Gasteiger partial charge is 0.376 e. The second kappa shape index (κ2) is 19.1. The molecule has 2 aliphatic heterocycles. The summed E-state index contributed by atoms with van der Waals surface area (Å²) in [5, 5.41) is 2.74. The van der Waals surface area contributed by atoms with E-state index in [1.54, 1.807) is 23.6 Å². The molecule has 42 heavy (non-hydrogen) atoms. The molecule has 11 heteroatoms. The average Bonchev–Trinajstić information content (AvgIpc) is 3.66. The number of rotatable bonds is 20. The Bertz CT molecular complexity index is 858. The Morgan fingerprint density at radius 3 is 1.90 bits per heavy atom. The standard InChI is InChI=1S/C31H57N5O6/c1-5-7-9-11-13-21-42-23(4)27(28(33)37)34-29(38)24-16-14-18-35(24)30(39)25-17-15-19-36(25)31(40)26(32)22(3)41-20-12-10-8-6-2/h22-27H,5-21,32H2,1-4H3,(H2,33,37)(H,34,38)/t22-,23+,24+,25+,26+,27-/m1/s1. The molecule has 0 saturated carbocycles. The van der Waals surface area contributed by atoms with Crippen molar-refractivity contribution in [2.75, 3.05) is 26.3 Å². The van der Waals surface area contributed by atoms with Gasteiger partial charge in [-0.3, -0.25) is 19.2 Å². The molecule has 0 radical (unpaired) electrons. The molecule has 0 aromatic carbocycles. The van der Waals surface area contributed by atoms with Crippen molar-refractivity contribution in [3.8, 4) is 0 Å². The predicted molar refractivity (Wildman–Crippen MR) is 162 cm³/mol. The third kappa shape index (κ3) is 10.8. The minimum absolute atomic E-state index is 0.258. The molecule has 2 fully saturated rings. The van der Waals surface area contributed by atoms with E-state index in [-0.39, 0.29) is 11.8 Å². The van der Waals surface area contributed by atoms with E-state index < -0.39 is 48.2 Å². The minimum Gasteiger partial charge on any atom is -0.376 e. The zero-order valence-electron chi connectivity index (χ0n) is 26.5. The van der Waals surface area contributed by atoms with E-state index in [2.05, 4.69) is 19.2 Å². The third-order valence-electron chi connectivity index (χ3n) is 8.53. The average molecular weight is 596 g/mol. The molecular formula is C31H57N5O6. The van der Waals surface area contributed by atoms with Crippen molar-refractivity contribution >= 4 is 23.6 Å². The normalized spacial score (nSPS) is 21.6. The van der Waals surface area contributed by atoms with Crippen LogP contribution in [-0.4, -0.2) is 96.1 Å². The number of hydrogen-bond acceptors (Lipinski definition) is 7. The van der Waals surface area contributed by atoms with Gasteiger partial charge < -0.3 is 36.1 Å². The molecule has 2 heterocycles. The van der Waals surface area contributed by atoms with Crippen LogP contribution >= 0.6 is 0 Å². The van der Waals surface area contributed by atoms with Crippen molar-refractivity contribution in [2.24, 2.45) is 11.5 Å². The molecule has 2 rings (SSSR count). The summed E-state index contributed by atoms with van der Waals surface area (Å²) in [7, 11) is 0.